The lowest BCUT2D eigenvalue weighted by Crippen LogP contribution is -2.27. The minimum atomic E-state index is -0.529. The highest BCUT2D eigenvalue weighted by Gasteiger charge is 2.21. The molecule has 3 N–H and O–H groups in total. The molecule has 1 amide bonds. The van der Waals surface area contributed by atoms with Gasteiger partial charge in [-0.3, -0.25) is 9.59 Å². The lowest BCUT2D eigenvalue weighted by molar-refractivity contribution is 0.0612. The standard InChI is InChI=1S/C35H33BrN6O5/c1-45-30-8-5-23(14-31(30)46-2)24-13-27(33(37)38-15-24)22-3-6-26(7-4-22)41-35(44)29-20-42(18-21-9-11-47-12-10-21)19-28(32(29)43)34-39-16-25(36)17-40-34/h3-8,13-17,19-21H,9-12,18H2,1-2H3,(H2,37,38)(H,41,44). The van der Waals surface area contributed by atoms with Crippen LogP contribution < -0.4 is 26.0 Å². The Morgan fingerprint density at radius 1 is 0.915 bits per heavy atom. The fourth-order valence-electron chi connectivity index (χ4n) is 5.55. The summed E-state index contributed by atoms with van der Waals surface area (Å²) >= 11 is 3.34. The number of hydrogen-bond donors (Lipinski definition) is 2. The van der Waals surface area contributed by atoms with Crippen LogP contribution in [-0.2, 0) is 11.3 Å². The Balaban J connectivity index is 1.26. The molecule has 0 bridgehead atoms. The van der Waals surface area contributed by atoms with Gasteiger partial charge in [0.05, 0.1) is 24.3 Å². The van der Waals surface area contributed by atoms with Gasteiger partial charge in [0, 0.05) is 67.6 Å². The van der Waals surface area contributed by atoms with Crippen molar-refractivity contribution in [1.82, 2.24) is 19.5 Å². The predicted molar refractivity (Wildman–Crippen MR) is 184 cm³/mol. The Morgan fingerprint density at radius 3 is 2.32 bits per heavy atom. The van der Waals surface area contributed by atoms with Crippen LogP contribution in [0.1, 0.15) is 23.2 Å². The third kappa shape index (κ3) is 7.18. The van der Waals surface area contributed by atoms with Crippen molar-refractivity contribution in [3.05, 3.63) is 99.8 Å². The number of hydrogen-bond acceptors (Lipinski definition) is 9. The van der Waals surface area contributed by atoms with Gasteiger partial charge in [0.2, 0.25) is 5.43 Å². The smallest absolute Gasteiger partial charge is 0.261 e. The van der Waals surface area contributed by atoms with E-state index < -0.39 is 11.3 Å². The molecular formula is C35H33BrN6O5. The number of rotatable bonds is 9. The molecule has 6 rings (SSSR count). The van der Waals surface area contributed by atoms with Crippen molar-refractivity contribution in [2.45, 2.75) is 19.4 Å². The summed E-state index contributed by atoms with van der Waals surface area (Å²) in [6.07, 6.45) is 9.99. The second kappa shape index (κ2) is 14.1. The number of nitrogen functional groups attached to an aromatic ring is 1. The van der Waals surface area contributed by atoms with Crippen molar-refractivity contribution in [1.29, 1.82) is 0 Å². The Labute approximate surface area is 279 Å². The summed E-state index contributed by atoms with van der Waals surface area (Å²) in [6, 6.07) is 14.8. The first kappa shape index (κ1) is 31.9. The molecule has 0 saturated carbocycles. The number of anilines is 2. The van der Waals surface area contributed by atoms with Gasteiger partial charge < -0.3 is 29.8 Å². The highest BCUT2D eigenvalue weighted by Crippen LogP contribution is 2.35. The van der Waals surface area contributed by atoms with Crippen LogP contribution in [0.4, 0.5) is 11.5 Å². The maximum atomic E-state index is 13.6. The van der Waals surface area contributed by atoms with E-state index in [1.54, 1.807) is 57.3 Å². The average Bonchev–Trinajstić information content (AvgIpc) is 3.10. The summed E-state index contributed by atoms with van der Waals surface area (Å²) in [4.78, 5) is 40.2. The fraction of sp³-hybridized carbons (Fsp3) is 0.229. The number of carbonyl (C=O) groups excluding carboxylic acids is 1. The Morgan fingerprint density at radius 2 is 1.62 bits per heavy atom. The molecule has 11 nitrogen and oxygen atoms in total. The molecule has 3 aromatic heterocycles. The van der Waals surface area contributed by atoms with Gasteiger partial charge in [-0.15, -0.1) is 0 Å². The summed E-state index contributed by atoms with van der Waals surface area (Å²) in [5.41, 5.74) is 9.88. The molecule has 1 fully saturated rings. The van der Waals surface area contributed by atoms with E-state index in [1.807, 2.05) is 41.0 Å². The number of aromatic nitrogens is 4. The number of pyridine rings is 2. The first-order valence-corrected chi connectivity index (χ1v) is 15.8. The van der Waals surface area contributed by atoms with E-state index in [1.165, 1.54) is 0 Å². The number of methoxy groups -OCH3 is 2. The molecule has 2 aromatic carbocycles. The van der Waals surface area contributed by atoms with Crippen LogP contribution in [0, 0.1) is 5.92 Å². The first-order valence-electron chi connectivity index (χ1n) is 15.0. The van der Waals surface area contributed by atoms with Crippen molar-refractivity contribution in [2.24, 2.45) is 5.92 Å². The van der Waals surface area contributed by atoms with Gasteiger partial charge in [0.15, 0.2) is 17.3 Å². The van der Waals surface area contributed by atoms with Crippen LogP contribution in [0.25, 0.3) is 33.6 Å². The van der Waals surface area contributed by atoms with Crippen LogP contribution >= 0.6 is 15.9 Å². The predicted octanol–water partition coefficient (Wildman–Crippen LogP) is 6.08. The molecule has 4 heterocycles. The minimum Gasteiger partial charge on any atom is -0.493 e. The molecule has 12 heteroatoms. The SMILES string of the molecule is COc1ccc(-c2cnc(N)c(-c3ccc(NC(=O)c4cn(CC5CCOCC5)cc(-c5ncc(Br)cn5)c4=O)cc3)c2)cc1OC. The van der Waals surface area contributed by atoms with Gasteiger partial charge >= 0.3 is 0 Å². The van der Waals surface area contributed by atoms with E-state index in [0.29, 0.717) is 53.2 Å². The molecule has 1 aliphatic rings. The van der Waals surface area contributed by atoms with Gasteiger partial charge in [0.1, 0.15) is 11.4 Å². The van der Waals surface area contributed by atoms with Crippen molar-refractivity contribution in [2.75, 3.05) is 38.5 Å². The molecule has 0 radical (unpaired) electrons. The van der Waals surface area contributed by atoms with Crippen LogP contribution in [0.2, 0.25) is 0 Å². The maximum Gasteiger partial charge on any atom is 0.261 e. The summed E-state index contributed by atoms with van der Waals surface area (Å²) in [5, 5.41) is 2.88. The van der Waals surface area contributed by atoms with Gasteiger partial charge in [0.25, 0.3) is 5.91 Å². The number of benzene rings is 2. The molecule has 1 aliphatic heterocycles. The monoisotopic (exact) mass is 696 g/mol. The van der Waals surface area contributed by atoms with Crippen LogP contribution in [-0.4, -0.2) is 52.9 Å². The summed E-state index contributed by atoms with van der Waals surface area (Å²) in [6.45, 7) is 2.03. The second-order valence-corrected chi connectivity index (χ2v) is 12.1. The van der Waals surface area contributed by atoms with E-state index in [4.69, 9.17) is 19.9 Å². The fourth-order valence-corrected chi connectivity index (χ4v) is 5.75. The zero-order valence-corrected chi connectivity index (χ0v) is 27.5. The third-order valence-corrected chi connectivity index (χ3v) is 8.49. The number of nitrogens with zero attached hydrogens (tertiary/aromatic N) is 4. The molecule has 0 unspecified atom stereocenters. The summed E-state index contributed by atoms with van der Waals surface area (Å²) in [7, 11) is 3.18. The van der Waals surface area contributed by atoms with Crippen molar-refractivity contribution >= 4 is 33.3 Å². The minimum absolute atomic E-state index is 0.00113. The zero-order valence-electron chi connectivity index (χ0n) is 25.9. The Bertz CT molecular complexity index is 1960. The number of halogens is 1. The lowest BCUT2D eigenvalue weighted by atomic mass is 10.00. The van der Waals surface area contributed by atoms with E-state index in [-0.39, 0.29) is 17.0 Å². The number of amides is 1. The lowest BCUT2D eigenvalue weighted by Gasteiger charge is -2.23. The normalized spacial score (nSPS) is 13.3. The third-order valence-electron chi connectivity index (χ3n) is 8.08. The van der Waals surface area contributed by atoms with Crippen molar-refractivity contribution < 1.29 is 19.0 Å². The van der Waals surface area contributed by atoms with Crippen molar-refractivity contribution in [3.63, 3.8) is 0 Å². The second-order valence-electron chi connectivity index (χ2n) is 11.2. The van der Waals surface area contributed by atoms with E-state index in [9.17, 15) is 9.59 Å². The van der Waals surface area contributed by atoms with Crippen LogP contribution in [0.15, 0.2) is 88.8 Å². The highest BCUT2D eigenvalue weighted by atomic mass is 79.9. The van der Waals surface area contributed by atoms with Gasteiger partial charge in [-0.1, -0.05) is 18.2 Å². The van der Waals surface area contributed by atoms with E-state index in [2.05, 4.69) is 36.2 Å². The molecule has 0 spiro atoms. The number of nitrogens with two attached hydrogens (primary N) is 1. The molecule has 240 valence electrons. The molecule has 0 atom stereocenters. The number of carbonyl (C=O) groups is 1. The molecule has 1 saturated heterocycles. The topological polar surface area (TPSA) is 143 Å². The van der Waals surface area contributed by atoms with Gasteiger partial charge in [-0.05, 0) is 76.1 Å². The van der Waals surface area contributed by atoms with Crippen LogP contribution in [0.3, 0.4) is 0 Å². The Kier molecular flexibility index (Phi) is 9.60. The zero-order chi connectivity index (χ0) is 32.9. The summed E-state index contributed by atoms with van der Waals surface area (Å²) < 4.78 is 18.9. The average molecular weight is 698 g/mol. The summed E-state index contributed by atoms with van der Waals surface area (Å²) in [5.74, 6) is 1.68. The van der Waals surface area contributed by atoms with Gasteiger partial charge in [-0.2, -0.15) is 0 Å². The Hall–Kier alpha value is -5.07. The van der Waals surface area contributed by atoms with Crippen LogP contribution in [0.5, 0.6) is 11.5 Å². The highest BCUT2D eigenvalue weighted by molar-refractivity contribution is 9.10. The van der Waals surface area contributed by atoms with Gasteiger partial charge in [-0.25, -0.2) is 15.0 Å². The number of ether oxygens (including phenoxy) is 3. The van der Waals surface area contributed by atoms with Crippen molar-refractivity contribution in [3.8, 4) is 45.1 Å². The molecule has 5 aromatic rings. The molecule has 47 heavy (non-hydrogen) atoms. The van der Waals surface area contributed by atoms with E-state index >= 15 is 0 Å². The maximum absolute atomic E-state index is 13.6. The van der Waals surface area contributed by atoms with E-state index in [0.717, 1.165) is 35.1 Å². The molecular weight excluding hydrogens is 664 g/mol. The quantitative estimate of drug-likeness (QED) is 0.188. The largest absolute Gasteiger partial charge is 0.493 e. The number of nitrogens with one attached hydrogen (secondary N) is 1. The first-order chi connectivity index (χ1) is 22.8. The molecule has 0 aliphatic carbocycles.